The number of alkyl halides is 6. The van der Waals surface area contributed by atoms with Crippen LogP contribution in [0.15, 0.2) is 24.3 Å². The highest BCUT2D eigenvalue weighted by atomic mass is 19.4. The number of benzene rings is 1. The molecule has 0 spiro atoms. The lowest BCUT2D eigenvalue weighted by Crippen LogP contribution is -2.36. The average molecular weight is 402 g/mol. The predicted octanol–water partition coefficient (Wildman–Crippen LogP) is 4.13. The van der Waals surface area contributed by atoms with Crippen molar-refractivity contribution in [1.29, 1.82) is 0 Å². The third-order valence-electron chi connectivity index (χ3n) is 4.69. The number of carbonyl (C=O) groups is 1. The van der Waals surface area contributed by atoms with Crippen LogP contribution in [0.3, 0.4) is 0 Å². The Bertz CT molecular complexity index is 1060. The molecule has 2 aromatic heterocycles. The fraction of sp³-hybridized carbons (Fsp3) is 0.294. The Kier molecular flexibility index (Phi) is 3.95. The summed E-state index contributed by atoms with van der Waals surface area (Å²) in [6.07, 6.45) is -8.83. The number of nitrogens with one attached hydrogen (secondary N) is 2. The average Bonchev–Trinajstić information content (AvgIpc) is 3.24. The number of hydrogen-bond donors (Lipinski definition) is 2. The highest BCUT2D eigenvalue weighted by molar-refractivity contribution is 5.93. The smallest absolute Gasteiger partial charge is 0.358 e. The molecule has 148 valence electrons. The van der Waals surface area contributed by atoms with E-state index in [1.165, 1.54) is 11.0 Å². The van der Waals surface area contributed by atoms with Crippen LogP contribution < -0.4 is 0 Å². The minimum Gasteiger partial charge on any atom is -0.358 e. The number of rotatable bonds is 1. The lowest BCUT2D eigenvalue weighted by Gasteiger charge is -2.26. The molecule has 0 bridgehead atoms. The maximum Gasteiger partial charge on any atom is 0.432 e. The van der Waals surface area contributed by atoms with Gasteiger partial charge in [-0.05, 0) is 18.2 Å². The molecule has 0 saturated heterocycles. The fourth-order valence-corrected chi connectivity index (χ4v) is 3.30. The van der Waals surface area contributed by atoms with Gasteiger partial charge >= 0.3 is 12.4 Å². The van der Waals surface area contributed by atoms with Crippen molar-refractivity contribution in [2.24, 2.45) is 0 Å². The zero-order chi connectivity index (χ0) is 20.3. The number of amides is 1. The van der Waals surface area contributed by atoms with Gasteiger partial charge in [-0.2, -0.15) is 31.4 Å². The number of hydrogen-bond acceptors (Lipinski definition) is 2. The molecular formula is C17H12F6N4O. The molecule has 0 atom stereocenters. The van der Waals surface area contributed by atoms with Crippen molar-refractivity contribution in [1.82, 2.24) is 20.1 Å². The second kappa shape index (κ2) is 6.01. The molecule has 3 aromatic rings. The number of aromatic amines is 2. The van der Waals surface area contributed by atoms with Crippen molar-refractivity contribution in [2.45, 2.75) is 25.3 Å². The Balaban J connectivity index is 1.65. The van der Waals surface area contributed by atoms with E-state index >= 15 is 0 Å². The molecule has 28 heavy (non-hydrogen) atoms. The molecule has 1 amide bonds. The summed E-state index contributed by atoms with van der Waals surface area (Å²) < 4.78 is 77.0. The maximum atomic E-state index is 13.0. The van der Waals surface area contributed by atoms with Gasteiger partial charge in [-0.1, -0.05) is 0 Å². The van der Waals surface area contributed by atoms with Crippen LogP contribution in [0.4, 0.5) is 26.3 Å². The first-order chi connectivity index (χ1) is 13.0. The van der Waals surface area contributed by atoms with Gasteiger partial charge < -0.3 is 9.88 Å². The highest BCUT2D eigenvalue weighted by Gasteiger charge is 2.35. The van der Waals surface area contributed by atoms with E-state index in [-0.39, 0.29) is 13.1 Å². The highest BCUT2D eigenvalue weighted by Crippen LogP contribution is 2.35. The number of nitrogens with zero attached hydrogens (tertiary/aromatic N) is 2. The second-order valence-electron chi connectivity index (χ2n) is 6.48. The third kappa shape index (κ3) is 3.10. The number of H-pyrrole nitrogens is 2. The molecule has 1 aliphatic heterocycles. The molecule has 0 unspecified atom stereocenters. The van der Waals surface area contributed by atoms with Crippen LogP contribution in [0.25, 0.3) is 10.9 Å². The van der Waals surface area contributed by atoms with Crippen molar-refractivity contribution < 1.29 is 31.1 Å². The summed E-state index contributed by atoms with van der Waals surface area (Å²) in [7, 11) is 0. The van der Waals surface area contributed by atoms with Gasteiger partial charge in [-0.15, -0.1) is 0 Å². The zero-order valence-corrected chi connectivity index (χ0v) is 14.0. The molecule has 0 radical (unpaired) electrons. The van der Waals surface area contributed by atoms with Gasteiger partial charge in [0.2, 0.25) is 0 Å². The number of carbonyl (C=O) groups excluding carboxylic acids is 1. The normalized spacial score (nSPS) is 15.1. The van der Waals surface area contributed by atoms with E-state index in [2.05, 4.69) is 10.1 Å². The van der Waals surface area contributed by atoms with Crippen LogP contribution in [0, 0.1) is 0 Å². The third-order valence-corrected chi connectivity index (χ3v) is 4.69. The van der Waals surface area contributed by atoms with Crippen molar-refractivity contribution >= 4 is 16.8 Å². The molecule has 0 aliphatic carbocycles. The van der Waals surface area contributed by atoms with Crippen LogP contribution in [0.1, 0.15) is 33.0 Å². The first kappa shape index (κ1) is 18.4. The van der Waals surface area contributed by atoms with Gasteiger partial charge in [0.15, 0.2) is 5.69 Å². The van der Waals surface area contributed by atoms with E-state index in [4.69, 9.17) is 0 Å². The lowest BCUT2D eigenvalue weighted by atomic mass is 10.0. The van der Waals surface area contributed by atoms with Gasteiger partial charge in [0.05, 0.1) is 5.56 Å². The van der Waals surface area contributed by atoms with Crippen LogP contribution in [0.5, 0.6) is 0 Å². The van der Waals surface area contributed by atoms with Gasteiger partial charge in [0, 0.05) is 47.7 Å². The van der Waals surface area contributed by atoms with E-state index < -0.39 is 35.2 Å². The van der Waals surface area contributed by atoms with Crippen molar-refractivity contribution in [3.63, 3.8) is 0 Å². The standard InChI is InChI=1S/C17H12F6N4O/c18-16(19,20)8-1-2-11-9(5-8)10-7-27(4-3-12(10)24-11)15(28)13-6-14(26-25-13)17(21,22)23/h1-2,5-6,24H,3-4,7H2,(H,25,26). The van der Waals surface area contributed by atoms with Crippen LogP contribution in [-0.2, 0) is 25.3 Å². The summed E-state index contributed by atoms with van der Waals surface area (Å²) in [4.78, 5) is 16.8. The van der Waals surface area contributed by atoms with Gasteiger partial charge in [-0.25, -0.2) is 0 Å². The lowest BCUT2D eigenvalue weighted by molar-refractivity contribution is -0.141. The van der Waals surface area contributed by atoms with Crippen LogP contribution in [-0.4, -0.2) is 32.5 Å². The van der Waals surface area contributed by atoms with Crippen molar-refractivity contribution in [3.8, 4) is 0 Å². The Morgan fingerprint density at radius 2 is 1.82 bits per heavy atom. The minimum atomic E-state index is -4.66. The Hall–Kier alpha value is -2.98. The van der Waals surface area contributed by atoms with E-state index in [9.17, 15) is 31.1 Å². The summed E-state index contributed by atoms with van der Waals surface area (Å²) in [6, 6.07) is 3.92. The van der Waals surface area contributed by atoms with Gasteiger partial charge in [0.25, 0.3) is 5.91 Å². The molecule has 1 aromatic carbocycles. The second-order valence-corrected chi connectivity index (χ2v) is 6.48. The summed E-state index contributed by atoms with van der Waals surface area (Å²) in [5, 5.41) is 5.53. The molecule has 5 nitrogen and oxygen atoms in total. The van der Waals surface area contributed by atoms with Gasteiger partial charge in [0.1, 0.15) is 5.69 Å². The SMILES string of the molecule is O=C(c1cc(C(F)(F)F)[nH]n1)N1CCc2[nH]c3ccc(C(F)(F)F)cc3c2C1. The van der Waals surface area contributed by atoms with E-state index in [1.54, 1.807) is 5.10 Å². The Morgan fingerprint density at radius 3 is 2.46 bits per heavy atom. The van der Waals surface area contributed by atoms with E-state index in [1.807, 2.05) is 0 Å². The molecule has 11 heteroatoms. The first-order valence-electron chi connectivity index (χ1n) is 8.16. The van der Waals surface area contributed by atoms with Crippen LogP contribution in [0.2, 0.25) is 0 Å². The molecule has 0 fully saturated rings. The van der Waals surface area contributed by atoms with E-state index in [0.29, 0.717) is 34.6 Å². The quantitative estimate of drug-likeness (QED) is 0.602. The van der Waals surface area contributed by atoms with Gasteiger partial charge in [-0.3, -0.25) is 9.89 Å². The molecule has 3 heterocycles. The largest absolute Gasteiger partial charge is 0.432 e. The number of aromatic nitrogens is 3. The molecule has 2 N–H and O–H groups in total. The summed E-state index contributed by atoms with van der Waals surface area (Å²) >= 11 is 0. The molecule has 1 aliphatic rings. The fourth-order valence-electron chi connectivity index (χ4n) is 3.30. The maximum absolute atomic E-state index is 13.0. The topological polar surface area (TPSA) is 64.8 Å². The molecule has 0 saturated carbocycles. The zero-order valence-electron chi connectivity index (χ0n) is 14.0. The minimum absolute atomic E-state index is 0.0241. The van der Waals surface area contributed by atoms with Crippen molar-refractivity contribution in [3.05, 3.63) is 52.5 Å². The molecular weight excluding hydrogens is 390 g/mol. The number of fused-ring (bicyclic) bond motifs is 3. The van der Waals surface area contributed by atoms with Crippen molar-refractivity contribution in [2.75, 3.05) is 6.54 Å². The summed E-state index contributed by atoms with van der Waals surface area (Å²) in [5.74, 6) is -0.723. The first-order valence-corrected chi connectivity index (χ1v) is 8.16. The van der Waals surface area contributed by atoms with E-state index in [0.717, 1.165) is 12.1 Å². The summed E-state index contributed by atoms with van der Waals surface area (Å²) in [5.41, 5.74) is -0.621. The predicted molar refractivity (Wildman–Crippen MR) is 85.3 cm³/mol. The Morgan fingerprint density at radius 1 is 1.07 bits per heavy atom. The summed E-state index contributed by atoms with van der Waals surface area (Å²) in [6.45, 7) is 0.183. The molecule has 4 rings (SSSR count). The number of halogens is 6. The van der Waals surface area contributed by atoms with Crippen LogP contribution >= 0.6 is 0 Å². The Labute approximate surface area is 153 Å². The monoisotopic (exact) mass is 402 g/mol.